The van der Waals surface area contributed by atoms with Crippen LogP contribution < -0.4 is 5.32 Å². The molecule has 0 aliphatic heterocycles. The van der Waals surface area contributed by atoms with E-state index in [-0.39, 0.29) is 0 Å². The molecule has 1 amide bonds. The van der Waals surface area contributed by atoms with Gasteiger partial charge in [-0.25, -0.2) is 4.79 Å². The maximum Gasteiger partial charge on any atom is 0.326 e. The van der Waals surface area contributed by atoms with Gasteiger partial charge in [0.25, 0.3) is 5.91 Å². The molecule has 1 rings (SSSR count). The Hall–Kier alpha value is -1.56. The highest BCUT2D eigenvalue weighted by molar-refractivity contribution is 7.98. The van der Waals surface area contributed by atoms with Crippen LogP contribution in [0, 0.1) is 0 Å². The molecule has 0 aliphatic rings. The van der Waals surface area contributed by atoms with E-state index in [9.17, 15) is 9.59 Å². The zero-order chi connectivity index (χ0) is 12.7. The smallest absolute Gasteiger partial charge is 0.326 e. The second-order valence-corrected chi connectivity index (χ2v) is 4.37. The predicted octanol–water partition coefficient (Wildman–Crippen LogP) is 1.02. The van der Waals surface area contributed by atoms with E-state index in [1.165, 1.54) is 6.20 Å². The van der Waals surface area contributed by atoms with Gasteiger partial charge >= 0.3 is 5.97 Å². The normalized spacial score (nSPS) is 11.8. The van der Waals surface area contributed by atoms with Crippen molar-refractivity contribution in [3.05, 3.63) is 30.1 Å². The van der Waals surface area contributed by atoms with Crippen molar-refractivity contribution in [2.75, 3.05) is 12.0 Å². The van der Waals surface area contributed by atoms with Gasteiger partial charge in [0.05, 0.1) is 5.56 Å². The Balaban J connectivity index is 2.61. The lowest BCUT2D eigenvalue weighted by molar-refractivity contribution is -0.139. The van der Waals surface area contributed by atoms with Gasteiger partial charge in [-0.15, -0.1) is 0 Å². The highest BCUT2D eigenvalue weighted by Gasteiger charge is 2.19. The first kappa shape index (κ1) is 13.5. The molecule has 0 bridgehead atoms. The van der Waals surface area contributed by atoms with Crippen LogP contribution in [-0.4, -0.2) is 40.0 Å². The Bertz CT molecular complexity index is 384. The minimum atomic E-state index is -1.02. The van der Waals surface area contributed by atoms with E-state index in [0.717, 1.165) is 0 Å². The molecule has 0 saturated heterocycles. The van der Waals surface area contributed by atoms with Gasteiger partial charge in [-0.1, -0.05) is 0 Å². The molecular weight excluding hydrogens is 240 g/mol. The predicted molar refractivity (Wildman–Crippen MR) is 66.1 cm³/mol. The summed E-state index contributed by atoms with van der Waals surface area (Å²) in [6.45, 7) is 0. The number of carboxylic acids is 1. The number of amides is 1. The molecule has 92 valence electrons. The van der Waals surface area contributed by atoms with Crippen LogP contribution in [-0.2, 0) is 4.79 Å². The van der Waals surface area contributed by atoms with Crippen molar-refractivity contribution in [3.63, 3.8) is 0 Å². The third kappa shape index (κ3) is 4.44. The second kappa shape index (κ2) is 6.90. The van der Waals surface area contributed by atoms with Crippen LogP contribution in [0.15, 0.2) is 24.5 Å². The van der Waals surface area contributed by atoms with Crippen molar-refractivity contribution >= 4 is 23.6 Å². The molecule has 0 fully saturated rings. The molecule has 1 atom stereocenters. The van der Waals surface area contributed by atoms with Gasteiger partial charge in [-0.3, -0.25) is 9.78 Å². The molecule has 5 nitrogen and oxygen atoms in total. The molecule has 0 unspecified atom stereocenters. The number of carbonyl (C=O) groups excluding carboxylic acids is 1. The minimum Gasteiger partial charge on any atom is -0.480 e. The van der Waals surface area contributed by atoms with Crippen LogP contribution in [0.1, 0.15) is 16.8 Å². The van der Waals surface area contributed by atoms with E-state index >= 15 is 0 Å². The van der Waals surface area contributed by atoms with Gasteiger partial charge in [-0.05, 0) is 30.6 Å². The van der Waals surface area contributed by atoms with Crippen LogP contribution in [0.4, 0.5) is 0 Å². The summed E-state index contributed by atoms with van der Waals surface area (Å²) in [6.07, 6.45) is 5.26. The van der Waals surface area contributed by atoms with Gasteiger partial charge in [0.2, 0.25) is 0 Å². The number of aliphatic carboxylic acids is 1. The first-order chi connectivity index (χ1) is 8.15. The standard InChI is InChI=1S/C11H14N2O3S/c1-17-6-4-9(11(15)16)13-10(14)8-3-2-5-12-7-8/h2-3,5,7,9H,4,6H2,1H3,(H,13,14)(H,15,16)/t9-/m0/s1. The summed E-state index contributed by atoms with van der Waals surface area (Å²) in [5.41, 5.74) is 0.364. The molecule has 0 spiro atoms. The maximum atomic E-state index is 11.7. The highest BCUT2D eigenvalue weighted by atomic mass is 32.2. The third-order valence-electron chi connectivity index (χ3n) is 2.14. The van der Waals surface area contributed by atoms with Crippen LogP contribution >= 0.6 is 11.8 Å². The highest BCUT2D eigenvalue weighted by Crippen LogP contribution is 2.03. The van der Waals surface area contributed by atoms with Gasteiger partial charge in [-0.2, -0.15) is 11.8 Å². The number of nitrogens with one attached hydrogen (secondary N) is 1. The maximum absolute atomic E-state index is 11.7. The van der Waals surface area contributed by atoms with Crippen molar-refractivity contribution in [1.82, 2.24) is 10.3 Å². The van der Waals surface area contributed by atoms with Gasteiger partial charge in [0.15, 0.2) is 0 Å². The molecule has 0 radical (unpaired) electrons. The van der Waals surface area contributed by atoms with Crippen LogP contribution in [0.3, 0.4) is 0 Å². The average molecular weight is 254 g/mol. The summed E-state index contributed by atoms with van der Waals surface area (Å²) in [4.78, 5) is 26.4. The number of pyridine rings is 1. The summed E-state index contributed by atoms with van der Waals surface area (Å²) >= 11 is 1.54. The average Bonchev–Trinajstić information content (AvgIpc) is 2.35. The van der Waals surface area contributed by atoms with E-state index in [4.69, 9.17) is 5.11 Å². The number of carbonyl (C=O) groups is 2. The summed E-state index contributed by atoms with van der Waals surface area (Å²) in [5, 5.41) is 11.4. The monoisotopic (exact) mass is 254 g/mol. The van der Waals surface area contributed by atoms with E-state index in [1.54, 1.807) is 30.1 Å². The summed E-state index contributed by atoms with van der Waals surface area (Å²) in [6, 6.07) is 2.37. The van der Waals surface area contributed by atoms with Gasteiger partial charge in [0.1, 0.15) is 6.04 Å². The van der Waals surface area contributed by atoms with E-state index in [0.29, 0.717) is 17.7 Å². The number of thioether (sulfide) groups is 1. The number of carboxylic acid groups (broad SMARTS) is 1. The third-order valence-corrected chi connectivity index (χ3v) is 2.78. The summed E-state index contributed by atoms with van der Waals surface area (Å²) < 4.78 is 0. The van der Waals surface area contributed by atoms with Crippen molar-refractivity contribution in [1.29, 1.82) is 0 Å². The molecule has 2 N–H and O–H groups in total. The number of rotatable bonds is 6. The van der Waals surface area contributed by atoms with Crippen molar-refractivity contribution in [3.8, 4) is 0 Å². The van der Waals surface area contributed by atoms with Crippen molar-refractivity contribution in [2.45, 2.75) is 12.5 Å². The molecule has 1 aromatic heterocycles. The Kier molecular flexibility index (Phi) is 5.48. The summed E-state index contributed by atoms with van der Waals surface area (Å²) in [7, 11) is 0. The Labute approximate surface area is 104 Å². The number of aromatic nitrogens is 1. The lowest BCUT2D eigenvalue weighted by Crippen LogP contribution is -2.41. The lowest BCUT2D eigenvalue weighted by atomic mass is 10.2. The number of hydrogen-bond acceptors (Lipinski definition) is 4. The van der Waals surface area contributed by atoms with Gasteiger partial charge < -0.3 is 10.4 Å². The topological polar surface area (TPSA) is 79.3 Å². The van der Waals surface area contributed by atoms with E-state index in [1.807, 2.05) is 6.26 Å². The van der Waals surface area contributed by atoms with E-state index in [2.05, 4.69) is 10.3 Å². The van der Waals surface area contributed by atoms with Crippen LogP contribution in [0.2, 0.25) is 0 Å². The molecule has 0 aromatic carbocycles. The van der Waals surface area contributed by atoms with Crippen LogP contribution in [0.5, 0.6) is 0 Å². The molecule has 17 heavy (non-hydrogen) atoms. The molecule has 1 heterocycles. The zero-order valence-electron chi connectivity index (χ0n) is 9.42. The Morgan fingerprint density at radius 2 is 2.35 bits per heavy atom. The minimum absolute atomic E-state index is 0.364. The first-order valence-corrected chi connectivity index (χ1v) is 6.47. The van der Waals surface area contributed by atoms with Crippen LogP contribution in [0.25, 0.3) is 0 Å². The van der Waals surface area contributed by atoms with Gasteiger partial charge in [0, 0.05) is 12.4 Å². The second-order valence-electron chi connectivity index (χ2n) is 3.39. The lowest BCUT2D eigenvalue weighted by Gasteiger charge is -2.13. The fourth-order valence-corrected chi connectivity index (χ4v) is 1.70. The Morgan fingerprint density at radius 3 is 2.88 bits per heavy atom. The fourth-order valence-electron chi connectivity index (χ4n) is 1.23. The molecule has 6 heteroatoms. The Morgan fingerprint density at radius 1 is 1.59 bits per heavy atom. The SMILES string of the molecule is CSCC[C@H](NC(=O)c1cccnc1)C(=O)O. The number of hydrogen-bond donors (Lipinski definition) is 2. The van der Waals surface area contributed by atoms with Crippen molar-refractivity contribution < 1.29 is 14.7 Å². The first-order valence-electron chi connectivity index (χ1n) is 5.07. The quantitative estimate of drug-likeness (QED) is 0.792. The molecule has 0 aliphatic carbocycles. The van der Waals surface area contributed by atoms with Crippen molar-refractivity contribution in [2.24, 2.45) is 0 Å². The largest absolute Gasteiger partial charge is 0.480 e. The number of nitrogens with zero attached hydrogens (tertiary/aromatic N) is 1. The fraction of sp³-hybridized carbons (Fsp3) is 0.364. The molecular formula is C11H14N2O3S. The summed E-state index contributed by atoms with van der Waals surface area (Å²) in [5.74, 6) is -0.743. The zero-order valence-corrected chi connectivity index (χ0v) is 10.2. The molecule has 1 aromatic rings. The molecule has 0 saturated carbocycles. The van der Waals surface area contributed by atoms with E-state index < -0.39 is 17.9 Å².